The van der Waals surface area contributed by atoms with Crippen molar-refractivity contribution in [1.29, 1.82) is 0 Å². The van der Waals surface area contributed by atoms with Crippen LogP contribution in [0, 0.1) is 13.8 Å². The number of anilines is 2. The Morgan fingerprint density at radius 2 is 2.12 bits per heavy atom. The van der Waals surface area contributed by atoms with Gasteiger partial charge in [-0.25, -0.2) is 9.97 Å². The number of aryl methyl sites for hydroxylation is 2. The molecule has 0 atom stereocenters. The second-order valence-electron chi connectivity index (χ2n) is 4.08. The summed E-state index contributed by atoms with van der Waals surface area (Å²) in [6, 6.07) is 1.92. The van der Waals surface area contributed by atoms with Gasteiger partial charge in [0.15, 0.2) is 5.82 Å². The highest BCUT2D eigenvalue weighted by Gasteiger charge is 2.11. The summed E-state index contributed by atoms with van der Waals surface area (Å²) in [5.41, 5.74) is 10.8. The van der Waals surface area contributed by atoms with E-state index < -0.39 is 0 Å². The summed E-state index contributed by atoms with van der Waals surface area (Å²) >= 11 is 1.66. The van der Waals surface area contributed by atoms with E-state index in [9.17, 15) is 0 Å². The largest absolute Gasteiger partial charge is 0.396 e. The fourth-order valence-electron chi connectivity index (χ4n) is 1.63. The molecule has 2 heterocycles. The molecule has 0 spiro atoms. The van der Waals surface area contributed by atoms with E-state index in [2.05, 4.69) is 14.9 Å². The predicted octanol–water partition coefficient (Wildman–Crippen LogP) is 2.37. The lowest BCUT2D eigenvalue weighted by molar-refractivity contribution is 0.902. The monoisotopic (exact) mass is 248 g/mol. The summed E-state index contributed by atoms with van der Waals surface area (Å²) in [4.78, 5) is 11.9. The van der Waals surface area contributed by atoms with Crippen LogP contribution in [0.4, 0.5) is 11.5 Å². The molecule has 0 amide bonds. The second kappa shape index (κ2) is 4.71. The maximum atomic E-state index is 6.03. The van der Waals surface area contributed by atoms with E-state index in [0.717, 1.165) is 29.3 Å². The van der Waals surface area contributed by atoms with E-state index in [1.807, 2.05) is 32.5 Å². The molecular weight excluding hydrogens is 232 g/mol. The van der Waals surface area contributed by atoms with Gasteiger partial charge in [0, 0.05) is 18.1 Å². The molecule has 0 saturated carbocycles. The minimum Gasteiger partial charge on any atom is -0.396 e. The molecule has 0 saturated heterocycles. The number of hydrogen-bond donors (Lipinski definition) is 1. The average Bonchev–Trinajstić information content (AvgIpc) is 2.68. The van der Waals surface area contributed by atoms with Crippen molar-refractivity contribution in [2.75, 3.05) is 17.7 Å². The first-order valence-electron chi connectivity index (χ1n) is 5.40. The Balaban J connectivity index is 2.23. The lowest BCUT2D eigenvalue weighted by Gasteiger charge is -2.20. The number of nitrogens with zero attached hydrogens (tertiary/aromatic N) is 3. The first kappa shape index (κ1) is 11.9. The molecule has 2 aromatic heterocycles. The summed E-state index contributed by atoms with van der Waals surface area (Å²) in [6.07, 6.45) is 1.79. The van der Waals surface area contributed by atoms with Crippen LogP contribution in [-0.4, -0.2) is 17.0 Å². The van der Waals surface area contributed by atoms with Crippen LogP contribution in [0.3, 0.4) is 0 Å². The quantitative estimate of drug-likeness (QED) is 0.906. The Morgan fingerprint density at radius 1 is 1.35 bits per heavy atom. The van der Waals surface area contributed by atoms with Crippen LogP contribution in [0.2, 0.25) is 0 Å². The van der Waals surface area contributed by atoms with E-state index in [1.165, 1.54) is 4.88 Å². The number of thiazole rings is 1. The molecule has 0 radical (unpaired) electrons. The lowest BCUT2D eigenvalue weighted by atomic mass is 10.2. The number of nitrogen functional groups attached to an aromatic ring is 1. The lowest BCUT2D eigenvalue weighted by Crippen LogP contribution is -2.19. The van der Waals surface area contributed by atoms with Crippen molar-refractivity contribution in [1.82, 2.24) is 9.97 Å². The van der Waals surface area contributed by atoms with Gasteiger partial charge in [0.2, 0.25) is 0 Å². The Bertz CT molecular complexity index is 521. The summed E-state index contributed by atoms with van der Waals surface area (Å²) in [5.74, 6) is 0.831. The molecule has 0 aliphatic heterocycles. The third kappa shape index (κ3) is 2.39. The second-order valence-corrected chi connectivity index (χ2v) is 5.02. The van der Waals surface area contributed by atoms with E-state index in [4.69, 9.17) is 5.73 Å². The molecule has 2 N–H and O–H groups in total. The summed E-state index contributed by atoms with van der Waals surface area (Å²) in [7, 11) is 2.00. The molecule has 0 aromatic carbocycles. The molecule has 2 aromatic rings. The first-order chi connectivity index (χ1) is 8.09. The first-order valence-corrected chi connectivity index (χ1v) is 6.28. The highest BCUT2D eigenvalue weighted by molar-refractivity contribution is 7.09. The third-order valence-corrected chi connectivity index (χ3v) is 3.69. The van der Waals surface area contributed by atoms with Gasteiger partial charge in [-0.1, -0.05) is 0 Å². The van der Waals surface area contributed by atoms with Crippen LogP contribution >= 0.6 is 11.3 Å². The Hall–Kier alpha value is -1.62. The molecule has 4 nitrogen and oxygen atoms in total. The van der Waals surface area contributed by atoms with Crippen molar-refractivity contribution < 1.29 is 0 Å². The van der Waals surface area contributed by atoms with E-state index >= 15 is 0 Å². The Labute approximate surface area is 105 Å². The number of pyridine rings is 1. The van der Waals surface area contributed by atoms with Crippen molar-refractivity contribution in [2.24, 2.45) is 0 Å². The van der Waals surface area contributed by atoms with Crippen molar-refractivity contribution in [2.45, 2.75) is 20.4 Å². The number of aromatic nitrogens is 2. The van der Waals surface area contributed by atoms with Crippen LogP contribution in [0.15, 0.2) is 17.8 Å². The molecule has 90 valence electrons. The molecule has 2 rings (SSSR count). The number of hydrogen-bond acceptors (Lipinski definition) is 5. The van der Waals surface area contributed by atoms with Gasteiger partial charge in [0.1, 0.15) is 0 Å². The van der Waals surface area contributed by atoms with Crippen LogP contribution < -0.4 is 10.6 Å². The predicted molar refractivity (Wildman–Crippen MR) is 72.3 cm³/mol. The molecule has 0 bridgehead atoms. The van der Waals surface area contributed by atoms with E-state index in [-0.39, 0.29) is 0 Å². The zero-order valence-corrected chi connectivity index (χ0v) is 11.1. The van der Waals surface area contributed by atoms with Gasteiger partial charge in [-0.15, -0.1) is 11.3 Å². The fourth-order valence-corrected chi connectivity index (χ4v) is 2.46. The number of rotatable bonds is 3. The molecule has 17 heavy (non-hydrogen) atoms. The third-order valence-electron chi connectivity index (χ3n) is 2.77. The van der Waals surface area contributed by atoms with Gasteiger partial charge in [0.25, 0.3) is 0 Å². The van der Waals surface area contributed by atoms with Crippen LogP contribution in [0.5, 0.6) is 0 Å². The Kier molecular flexibility index (Phi) is 3.28. The van der Waals surface area contributed by atoms with Crippen molar-refractivity contribution in [3.63, 3.8) is 0 Å². The summed E-state index contributed by atoms with van der Waals surface area (Å²) in [5, 5.41) is 0. The zero-order valence-electron chi connectivity index (χ0n) is 10.3. The zero-order chi connectivity index (χ0) is 12.4. The standard InChI is InChI=1S/C12H16N4S/c1-8-4-5-14-12(11(8)13)16(3)6-10-9(2)15-7-17-10/h4-5,7H,6,13H2,1-3H3. The van der Waals surface area contributed by atoms with Crippen molar-refractivity contribution in [3.8, 4) is 0 Å². The van der Waals surface area contributed by atoms with Gasteiger partial charge in [-0.05, 0) is 25.5 Å². The van der Waals surface area contributed by atoms with Gasteiger partial charge in [0.05, 0.1) is 23.4 Å². The van der Waals surface area contributed by atoms with Gasteiger partial charge in [-0.2, -0.15) is 0 Å². The van der Waals surface area contributed by atoms with Crippen LogP contribution in [0.1, 0.15) is 16.1 Å². The maximum Gasteiger partial charge on any atom is 0.152 e. The minimum atomic E-state index is 0.747. The van der Waals surface area contributed by atoms with Crippen molar-refractivity contribution in [3.05, 3.63) is 33.9 Å². The molecule has 0 aliphatic rings. The Morgan fingerprint density at radius 3 is 2.76 bits per heavy atom. The van der Waals surface area contributed by atoms with E-state index in [1.54, 1.807) is 17.5 Å². The normalized spacial score (nSPS) is 10.5. The van der Waals surface area contributed by atoms with Crippen LogP contribution in [0.25, 0.3) is 0 Å². The van der Waals surface area contributed by atoms with Gasteiger partial charge < -0.3 is 10.6 Å². The minimum absolute atomic E-state index is 0.747. The highest BCUT2D eigenvalue weighted by Crippen LogP contribution is 2.24. The molecule has 0 unspecified atom stereocenters. The summed E-state index contributed by atoms with van der Waals surface area (Å²) < 4.78 is 0. The smallest absolute Gasteiger partial charge is 0.152 e. The molecule has 0 fully saturated rings. The fraction of sp³-hybridized carbons (Fsp3) is 0.333. The SMILES string of the molecule is Cc1ccnc(N(C)Cc2scnc2C)c1N. The average molecular weight is 248 g/mol. The maximum absolute atomic E-state index is 6.03. The van der Waals surface area contributed by atoms with Crippen molar-refractivity contribution >= 4 is 22.8 Å². The topological polar surface area (TPSA) is 55.0 Å². The number of nitrogens with two attached hydrogens (primary N) is 1. The highest BCUT2D eigenvalue weighted by atomic mass is 32.1. The van der Waals surface area contributed by atoms with Crippen LogP contribution in [-0.2, 0) is 6.54 Å². The van der Waals surface area contributed by atoms with Gasteiger partial charge in [-0.3, -0.25) is 0 Å². The molecule has 0 aliphatic carbocycles. The van der Waals surface area contributed by atoms with Gasteiger partial charge >= 0.3 is 0 Å². The molecule has 5 heteroatoms. The van der Waals surface area contributed by atoms with E-state index in [0.29, 0.717) is 0 Å². The molecular formula is C12H16N4S. The summed E-state index contributed by atoms with van der Waals surface area (Å²) in [6.45, 7) is 4.80.